The molecule has 34 heavy (non-hydrogen) atoms. The van der Waals surface area contributed by atoms with Crippen LogP contribution in [0.25, 0.3) is 10.9 Å². The van der Waals surface area contributed by atoms with Gasteiger partial charge >= 0.3 is 6.09 Å². The molecule has 6 heteroatoms. The highest BCUT2D eigenvalue weighted by molar-refractivity contribution is 5.91. The number of rotatable bonds is 8. The van der Waals surface area contributed by atoms with Gasteiger partial charge in [-0.3, -0.25) is 9.69 Å². The smallest absolute Gasteiger partial charge is 0.408 e. The molecule has 4 rings (SSSR count). The molecule has 2 amide bonds. The molecule has 0 fully saturated rings. The van der Waals surface area contributed by atoms with Gasteiger partial charge in [0.1, 0.15) is 5.54 Å². The fraction of sp³-hybridized carbons (Fsp3) is 0.214. The average molecular weight is 456 g/mol. The first kappa shape index (κ1) is 23.1. The van der Waals surface area contributed by atoms with Gasteiger partial charge in [-0.25, -0.2) is 4.79 Å². The number of hydrogen-bond acceptors (Lipinski definition) is 2. The molecule has 0 aliphatic rings. The number of carboxylic acid groups (broad SMARTS) is 1. The van der Waals surface area contributed by atoms with Crippen molar-refractivity contribution in [2.45, 2.75) is 38.4 Å². The lowest BCUT2D eigenvalue weighted by Crippen LogP contribution is -2.59. The fourth-order valence-electron chi connectivity index (χ4n) is 4.34. The zero-order valence-electron chi connectivity index (χ0n) is 19.4. The van der Waals surface area contributed by atoms with E-state index >= 15 is 0 Å². The van der Waals surface area contributed by atoms with E-state index in [2.05, 4.69) is 10.3 Å². The van der Waals surface area contributed by atoms with Crippen LogP contribution in [-0.2, 0) is 17.8 Å². The van der Waals surface area contributed by atoms with Gasteiger partial charge in [-0.05, 0) is 36.6 Å². The van der Waals surface area contributed by atoms with Crippen molar-refractivity contribution in [3.8, 4) is 0 Å². The Kier molecular flexibility index (Phi) is 6.68. The van der Waals surface area contributed by atoms with Crippen molar-refractivity contribution in [2.24, 2.45) is 0 Å². The highest BCUT2D eigenvalue weighted by atomic mass is 16.4. The lowest BCUT2D eigenvalue weighted by molar-refractivity contribution is -0.132. The SMILES string of the molecule is C[C@H](NC(=O)[C@](C)(Cc1c[nH]c2ccccc12)N(Cc1ccccc1)C(=O)O)c1ccccc1. The lowest BCUT2D eigenvalue weighted by atomic mass is 9.88. The number of aromatic nitrogens is 1. The van der Waals surface area contributed by atoms with Crippen molar-refractivity contribution < 1.29 is 14.7 Å². The minimum atomic E-state index is -1.35. The summed E-state index contributed by atoms with van der Waals surface area (Å²) >= 11 is 0. The molecule has 0 unspecified atom stereocenters. The van der Waals surface area contributed by atoms with Gasteiger partial charge in [0.15, 0.2) is 0 Å². The molecule has 3 aromatic carbocycles. The molecule has 0 saturated carbocycles. The molecule has 6 nitrogen and oxygen atoms in total. The minimum absolute atomic E-state index is 0.0994. The van der Waals surface area contributed by atoms with Crippen LogP contribution in [0.2, 0.25) is 0 Å². The van der Waals surface area contributed by atoms with Crippen molar-refractivity contribution >= 4 is 22.9 Å². The van der Waals surface area contributed by atoms with Crippen LogP contribution in [0.4, 0.5) is 4.79 Å². The number of H-pyrrole nitrogens is 1. The average Bonchev–Trinajstić information content (AvgIpc) is 3.26. The molecule has 3 N–H and O–H groups in total. The first-order valence-corrected chi connectivity index (χ1v) is 11.3. The van der Waals surface area contributed by atoms with Crippen LogP contribution < -0.4 is 5.32 Å². The number of hydrogen-bond donors (Lipinski definition) is 3. The Labute approximate surface area is 199 Å². The first-order valence-electron chi connectivity index (χ1n) is 11.3. The summed E-state index contributed by atoms with van der Waals surface area (Å²) in [6.07, 6.45) is 0.941. The number of para-hydroxylation sites is 1. The number of nitrogens with zero attached hydrogens (tertiary/aromatic N) is 1. The van der Waals surface area contributed by atoms with Gasteiger partial charge in [0, 0.05) is 23.5 Å². The Morgan fingerprint density at radius 1 is 0.971 bits per heavy atom. The van der Waals surface area contributed by atoms with Crippen molar-refractivity contribution in [2.75, 3.05) is 0 Å². The zero-order chi connectivity index (χ0) is 24.1. The van der Waals surface area contributed by atoms with E-state index in [9.17, 15) is 14.7 Å². The molecule has 2 atom stereocenters. The third-order valence-corrected chi connectivity index (χ3v) is 6.36. The Balaban J connectivity index is 1.72. The topological polar surface area (TPSA) is 85.4 Å². The summed E-state index contributed by atoms with van der Waals surface area (Å²) < 4.78 is 0. The van der Waals surface area contributed by atoms with Crippen LogP contribution in [0.15, 0.2) is 91.1 Å². The fourth-order valence-corrected chi connectivity index (χ4v) is 4.34. The quantitative estimate of drug-likeness (QED) is 0.327. The molecular formula is C28H29N3O3. The van der Waals surface area contributed by atoms with E-state index in [1.165, 1.54) is 4.90 Å². The Bertz CT molecular complexity index is 1270. The monoisotopic (exact) mass is 455 g/mol. The normalized spacial score (nSPS) is 13.7. The van der Waals surface area contributed by atoms with Gasteiger partial charge in [0.25, 0.3) is 0 Å². The largest absolute Gasteiger partial charge is 0.465 e. The standard InChI is InChI=1S/C28H29N3O3/c1-20(22-13-7-4-8-14-22)30-26(32)28(2,17-23-18-29-25-16-10-9-15-24(23)25)31(27(33)34)19-21-11-5-3-6-12-21/h3-16,18,20,29H,17,19H2,1-2H3,(H,30,32)(H,33,34)/t20-,28-/m0/s1. The van der Waals surface area contributed by atoms with Crippen LogP contribution in [-0.4, -0.2) is 32.5 Å². The van der Waals surface area contributed by atoms with E-state index in [1.54, 1.807) is 6.92 Å². The number of fused-ring (bicyclic) bond motifs is 1. The second-order valence-electron chi connectivity index (χ2n) is 8.77. The molecule has 4 aromatic rings. The molecule has 0 spiro atoms. The number of amides is 2. The summed E-state index contributed by atoms with van der Waals surface area (Å²) in [5.41, 5.74) is 2.26. The lowest BCUT2D eigenvalue weighted by Gasteiger charge is -2.39. The maximum atomic E-state index is 13.8. The Morgan fingerprint density at radius 3 is 2.26 bits per heavy atom. The summed E-state index contributed by atoms with van der Waals surface area (Å²) in [6, 6.07) is 26.5. The molecule has 1 aromatic heterocycles. The summed E-state index contributed by atoms with van der Waals surface area (Å²) in [5, 5.41) is 14.3. The number of nitrogens with one attached hydrogen (secondary N) is 2. The summed E-state index contributed by atoms with van der Waals surface area (Å²) in [6.45, 7) is 3.71. The van der Waals surface area contributed by atoms with E-state index in [0.29, 0.717) is 0 Å². The maximum Gasteiger partial charge on any atom is 0.408 e. The van der Waals surface area contributed by atoms with E-state index in [0.717, 1.165) is 27.6 Å². The third kappa shape index (κ3) is 4.81. The predicted molar refractivity (Wildman–Crippen MR) is 133 cm³/mol. The van der Waals surface area contributed by atoms with Gasteiger partial charge in [-0.15, -0.1) is 0 Å². The molecule has 174 valence electrons. The summed E-state index contributed by atoms with van der Waals surface area (Å²) in [4.78, 5) is 30.8. The predicted octanol–water partition coefficient (Wildman–Crippen LogP) is 5.53. The number of aromatic amines is 1. The van der Waals surface area contributed by atoms with E-state index in [4.69, 9.17) is 0 Å². The molecule has 0 bridgehead atoms. The van der Waals surface area contributed by atoms with Crippen molar-refractivity contribution in [3.63, 3.8) is 0 Å². The Hall–Kier alpha value is -4.06. The van der Waals surface area contributed by atoms with E-state index < -0.39 is 11.6 Å². The third-order valence-electron chi connectivity index (χ3n) is 6.36. The zero-order valence-corrected chi connectivity index (χ0v) is 19.4. The van der Waals surface area contributed by atoms with Crippen LogP contribution in [0.3, 0.4) is 0 Å². The molecule has 0 radical (unpaired) electrons. The van der Waals surface area contributed by atoms with E-state index in [1.807, 2.05) is 98.0 Å². The van der Waals surface area contributed by atoms with Gasteiger partial charge in [0.2, 0.25) is 5.91 Å². The first-order chi connectivity index (χ1) is 16.4. The highest BCUT2D eigenvalue weighted by Crippen LogP contribution is 2.29. The second kappa shape index (κ2) is 9.83. The van der Waals surface area contributed by atoms with Crippen molar-refractivity contribution in [1.29, 1.82) is 0 Å². The summed E-state index contributed by atoms with van der Waals surface area (Å²) in [7, 11) is 0. The number of carbonyl (C=O) groups is 2. The molecule has 1 heterocycles. The molecule has 0 aliphatic heterocycles. The van der Waals surface area contributed by atoms with Gasteiger partial charge in [-0.1, -0.05) is 78.9 Å². The number of carbonyl (C=O) groups excluding carboxylic acids is 1. The van der Waals surface area contributed by atoms with Crippen molar-refractivity contribution in [3.05, 3.63) is 108 Å². The van der Waals surface area contributed by atoms with Crippen LogP contribution in [0, 0.1) is 0 Å². The highest BCUT2D eigenvalue weighted by Gasteiger charge is 2.43. The van der Waals surface area contributed by atoms with Gasteiger partial charge in [0.05, 0.1) is 12.6 Å². The Morgan fingerprint density at radius 2 is 1.59 bits per heavy atom. The van der Waals surface area contributed by atoms with Crippen LogP contribution >= 0.6 is 0 Å². The van der Waals surface area contributed by atoms with Crippen LogP contribution in [0.5, 0.6) is 0 Å². The maximum absolute atomic E-state index is 13.8. The van der Waals surface area contributed by atoms with Crippen molar-refractivity contribution in [1.82, 2.24) is 15.2 Å². The molecule has 0 saturated heterocycles. The number of benzene rings is 3. The van der Waals surface area contributed by atoms with Gasteiger partial charge in [-0.2, -0.15) is 0 Å². The van der Waals surface area contributed by atoms with E-state index in [-0.39, 0.29) is 24.9 Å². The van der Waals surface area contributed by atoms with Crippen LogP contribution in [0.1, 0.15) is 36.6 Å². The minimum Gasteiger partial charge on any atom is -0.465 e. The molecule has 0 aliphatic carbocycles. The van der Waals surface area contributed by atoms with Gasteiger partial charge < -0.3 is 15.4 Å². The molecular weight excluding hydrogens is 426 g/mol. The second-order valence-corrected chi connectivity index (χ2v) is 8.77. The summed E-state index contributed by atoms with van der Waals surface area (Å²) in [5.74, 6) is -0.340.